The van der Waals surface area contributed by atoms with E-state index in [0.717, 1.165) is 47.2 Å². The van der Waals surface area contributed by atoms with Gasteiger partial charge in [0.2, 0.25) is 0 Å². The summed E-state index contributed by atoms with van der Waals surface area (Å²) in [4.78, 5) is 4.13. The van der Waals surface area contributed by atoms with Crippen LogP contribution in [0.3, 0.4) is 0 Å². The Morgan fingerprint density at radius 2 is 1.28 bits per heavy atom. The van der Waals surface area contributed by atoms with E-state index in [2.05, 4.69) is 4.98 Å². The van der Waals surface area contributed by atoms with Gasteiger partial charge in [0.05, 0.1) is 22.4 Å². The van der Waals surface area contributed by atoms with Crippen molar-refractivity contribution in [1.29, 1.82) is 0 Å². The molecule has 0 amide bonds. The first-order chi connectivity index (χ1) is 17.9. The average molecular weight is 558 g/mol. The number of hydrogen-bond acceptors (Lipinski definition) is 2. The summed E-state index contributed by atoms with van der Waals surface area (Å²) >= 11 is 0. The summed E-state index contributed by atoms with van der Waals surface area (Å²) in [5, 5.41) is 10.5. The molecule has 1 N–H and O–H groups in total. The Labute approximate surface area is 216 Å². The number of nitrogens with zero attached hydrogens (tertiary/aromatic N) is 2. The fourth-order valence-electron chi connectivity index (χ4n) is 3.94. The fourth-order valence-corrected chi connectivity index (χ4v) is 3.94. The highest BCUT2D eigenvalue weighted by atomic mass is 19.4. The lowest BCUT2D eigenvalue weighted by atomic mass is 9.99. The zero-order valence-electron chi connectivity index (χ0n) is 20.2. The monoisotopic (exact) mass is 558 g/mol. The predicted octanol–water partition coefficient (Wildman–Crippen LogP) is 8.49. The van der Waals surface area contributed by atoms with E-state index in [-0.39, 0.29) is 22.5 Å². The smallest absolute Gasteiger partial charge is 0.384 e. The van der Waals surface area contributed by atoms with E-state index in [0.29, 0.717) is 18.2 Å². The third-order valence-electron chi connectivity index (χ3n) is 5.85. The number of imidazole rings is 1. The van der Waals surface area contributed by atoms with E-state index in [1.165, 1.54) is 26.0 Å². The van der Waals surface area contributed by atoms with E-state index in [4.69, 9.17) is 0 Å². The Morgan fingerprint density at radius 3 is 1.87 bits per heavy atom. The molecule has 12 heteroatoms. The van der Waals surface area contributed by atoms with Crippen molar-refractivity contribution < 1.29 is 44.6 Å². The SMILES string of the molecule is CC(C)(O)c1cn(-c2cc(-c3cccc(C(F)(F)F)c3)cc(C(F)(F)F)c2)c(-c2ccccc2C(F)(F)F)n1. The molecule has 1 heterocycles. The third-order valence-corrected chi connectivity index (χ3v) is 5.85. The molecule has 3 nitrogen and oxygen atoms in total. The standard InChI is InChI=1S/C27H19F9N2O/c1-24(2,39)22-14-38(23(37-22)20-8-3-4-9-21(20)27(34,35)36)19-12-16(11-18(13-19)26(31,32)33)15-6-5-7-17(10-15)25(28,29)30/h3-14,39H,1-2H3. The van der Waals surface area contributed by atoms with Crippen molar-refractivity contribution in [3.8, 4) is 28.2 Å². The quantitative estimate of drug-likeness (QED) is 0.255. The van der Waals surface area contributed by atoms with Crippen LogP contribution in [0.2, 0.25) is 0 Å². The van der Waals surface area contributed by atoms with E-state index in [9.17, 15) is 44.6 Å². The van der Waals surface area contributed by atoms with Crippen molar-refractivity contribution in [3.63, 3.8) is 0 Å². The molecule has 0 spiro atoms. The second-order valence-corrected chi connectivity index (χ2v) is 9.27. The van der Waals surface area contributed by atoms with Gasteiger partial charge in [0.1, 0.15) is 11.4 Å². The first kappa shape index (κ1) is 28.2. The maximum Gasteiger partial charge on any atom is 0.417 e. The Kier molecular flexibility index (Phi) is 6.83. The zero-order valence-corrected chi connectivity index (χ0v) is 20.2. The molecule has 0 aliphatic heterocycles. The molecule has 39 heavy (non-hydrogen) atoms. The fraction of sp³-hybridized carbons (Fsp3) is 0.222. The lowest BCUT2D eigenvalue weighted by molar-refractivity contribution is -0.138. The van der Waals surface area contributed by atoms with Gasteiger partial charge in [-0.2, -0.15) is 39.5 Å². The summed E-state index contributed by atoms with van der Waals surface area (Å²) < 4.78 is 124. The highest BCUT2D eigenvalue weighted by Crippen LogP contribution is 2.41. The molecular weight excluding hydrogens is 539 g/mol. The van der Waals surface area contributed by atoms with Crippen LogP contribution in [0, 0.1) is 0 Å². The molecule has 0 saturated heterocycles. The first-order valence-electron chi connectivity index (χ1n) is 11.2. The Morgan fingerprint density at radius 1 is 0.667 bits per heavy atom. The normalized spacial score (nSPS) is 13.1. The number of halogens is 9. The van der Waals surface area contributed by atoms with Gasteiger partial charge in [0.15, 0.2) is 0 Å². The Hall–Kier alpha value is -3.80. The maximum absolute atomic E-state index is 13.9. The molecule has 0 bridgehead atoms. The molecule has 0 aliphatic rings. The van der Waals surface area contributed by atoms with Crippen LogP contribution in [0.15, 0.2) is 72.9 Å². The van der Waals surface area contributed by atoms with Crippen molar-refractivity contribution in [2.24, 2.45) is 0 Å². The number of hydrogen-bond donors (Lipinski definition) is 1. The molecular formula is C27H19F9N2O. The minimum absolute atomic E-state index is 0.146. The summed E-state index contributed by atoms with van der Waals surface area (Å²) in [7, 11) is 0. The molecule has 0 atom stereocenters. The van der Waals surface area contributed by atoms with Crippen LogP contribution in [-0.4, -0.2) is 14.7 Å². The molecule has 0 saturated carbocycles. The van der Waals surface area contributed by atoms with Gasteiger partial charge in [0.25, 0.3) is 0 Å². The van der Waals surface area contributed by atoms with Gasteiger partial charge in [-0.25, -0.2) is 4.98 Å². The lowest BCUT2D eigenvalue weighted by Crippen LogP contribution is -2.15. The number of alkyl halides is 9. The van der Waals surface area contributed by atoms with E-state index >= 15 is 0 Å². The summed E-state index contributed by atoms with van der Waals surface area (Å²) in [5.74, 6) is -0.422. The van der Waals surface area contributed by atoms with Gasteiger partial charge < -0.3 is 5.11 Å². The Balaban J connectivity index is 2.03. The van der Waals surface area contributed by atoms with Crippen LogP contribution in [0.1, 0.15) is 36.2 Å². The summed E-state index contributed by atoms with van der Waals surface area (Å²) in [6.07, 6.45) is -13.5. The number of aromatic nitrogens is 2. The average Bonchev–Trinajstić information content (AvgIpc) is 3.28. The number of rotatable bonds is 4. The third kappa shape index (κ3) is 5.95. The summed E-state index contributed by atoms with van der Waals surface area (Å²) in [6, 6.07) is 10.3. The maximum atomic E-state index is 13.9. The molecule has 1 aromatic heterocycles. The first-order valence-corrected chi connectivity index (χ1v) is 11.2. The van der Waals surface area contributed by atoms with Crippen LogP contribution < -0.4 is 0 Å². The number of benzene rings is 3. The number of aliphatic hydroxyl groups is 1. The predicted molar refractivity (Wildman–Crippen MR) is 125 cm³/mol. The summed E-state index contributed by atoms with van der Waals surface area (Å²) in [6.45, 7) is 2.58. The zero-order chi connectivity index (χ0) is 29.0. The van der Waals surface area contributed by atoms with Crippen LogP contribution in [0.5, 0.6) is 0 Å². The van der Waals surface area contributed by atoms with Crippen LogP contribution in [0.25, 0.3) is 28.2 Å². The molecule has 0 radical (unpaired) electrons. The van der Waals surface area contributed by atoms with Crippen LogP contribution in [0.4, 0.5) is 39.5 Å². The van der Waals surface area contributed by atoms with Crippen molar-refractivity contribution in [2.75, 3.05) is 0 Å². The Bertz CT molecular complexity index is 1510. The second kappa shape index (κ2) is 9.44. The molecule has 3 aromatic carbocycles. The largest absolute Gasteiger partial charge is 0.417 e. The van der Waals surface area contributed by atoms with Gasteiger partial charge in [0, 0.05) is 17.4 Å². The minimum atomic E-state index is -4.95. The van der Waals surface area contributed by atoms with E-state index in [1.807, 2.05) is 0 Å². The molecule has 206 valence electrons. The van der Waals surface area contributed by atoms with E-state index < -0.39 is 52.2 Å². The second-order valence-electron chi connectivity index (χ2n) is 9.27. The van der Waals surface area contributed by atoms with Crippen LogP contribution >= 0.6 is 0 Å². The van der Waals surface area contributed by atoms with Gasteiger partial charge in [-0.05, 0) is 61.4 Å². The van der Waals surface area contributed by atoms with Crippen molar-refractivity contribution in [1.82, 2.24) is 9.55 Å². The van der Waals surface area contributed by atoms with Crippen molar-refractivity contribution in [3.05, 3.63) is 95.3 Å². The van der Waals surface area contributed by atoms with Gasteiger partial charge in [-0.3, -0.25) is 4.57 Å². The molecule has 0 unspecified atom stereocenters. The van der Waals surface area contributed by atoms with Gasteiger partial charge in [-0.1, -0.05) is 30.3 Å². The van der Waals surface area contributed by atoms with Crippen molar-refractivity contribution in [2.45, 2.75) is 38.0 Å². The topological polar surface area (TPSA) is 38.0 Å². The van der Waals surface area contributed by atoms with E-state index in [1.54, 1.807) is 0 Å². The highest BCUT2D eigenvalue weighted by molar-refractivity contribution is 5.71. The molecule has 0 aliphatic carbocycles. The highest BCUT2D eigenvalue weighted by Gasteiger charge is 2.36. The molecule has 4 aromatic rings. The van der Waals surface area contributed by atoms with Crippen LogP contribution in [-0.2, 0) is 24.1 Å². The molecule has 4 rings (SSSR count). The van der Waals surface area contributed by atoms with Crippen molar-refractivity contribution >= 4 is 0 Å². The molecule has 0 fully saturated rings. The lowest BCUT2D eigenvalue weighted by Gasteiger charge is -2.17. The van der Waals surface area contributed by atoms with Gasteiger partial charge in [-0.15, -0.1) is 0 Å². The minimum Gasteiger partial charge on any atom is -0.384 e. The summed E-state index contributed by atoms with van der Waals surface area (Å²) in [5.41, 5.74) is -6.57. The van der Waals surface area contributed by atoms with Gasteiger partial charge >= 0.3 is 18.5 Å².